The second-order valence-corrected chi connectivity index (χ2v) is 13.7. The number of pyridine rings is 1. The van der Waals surface area contributed by atoms with E-state index in [2.05, 4.69) is 146 Å². The SMILES string of the molecule is c1ccc(-c2cccc(-c3nc(-c4ccccc4)nc(-c4nc5c(c6ccccc46)C4(c6ccccc6-c6ccccc64)c4ccccc4-5)n3)c2)cc1. The van der Waals surface area contributed by atoms with Gasteiger partial charge in [0.05, 0.1) is 11.1 Å². The molecular formula is C49H30N4. The average molecular weight is 675 g/mol. The maximum atomic E-state index is 5.64. The fraction of sp³-hybridized carbons (Fsp3) is 0.0204. The highest BCUT2D eigenvalue weighted by Crippen LogP contribution is 2.63. The maximum Gasteiger partial charge on any atom is 0.183 e. The molecule has 0 unspecified atom stereocenters. The van der Waals surface area contributed by atoms with Crippen molar-refractivity contribution >= 4 is 10.8 Å². The molecule has 11 rings (SSSR count). The molecule has 9 aromatic rings. The van der Waals surface area contributed by atoms with Crippen molar-refractivity contribution in [2.75, 3.05) is 0 Å². The third-order valence-electron chi connectivity index (χ3n) is 10.9. The molecule has 0 saturated heterocycles. The standard InChI is InChI=1S/C49H30N4/c1-3-16-31(17-4-1)33-20-15-21-34(30-33)47-51-46(32-18-5-2-6-19-32)52-48(53-47)45-38-25-8-7-24-37(38)43-44(50-45)39-26-11-14-29-42(39)49(43)40-27-12-9-22-35(40)36-23-10-13-28-41(36)49/h1-30H. The molecule has 0 bridgehead atoms. The summed E-state index contributed by atoms with van der Waals surface area (Å²) in [5, 5.41) is 2.15. The third-order valence-corrected chi connectivity index (χ3v) is 10.9. The first-order valence-electron chi connectivity index (χ1n) is 18.0. The van der Waals surface area contributed by atoms with Gasteiger partial charge in [-0.3, -0.25) is 0 Å². The molecule has 0 amide bonds. The zero-order valence-corrected chi connectivity index (χ0v) is 28.6. The van der Waals surface area contributed by atoms with Crippen LogP contribution in [0.5, 0.6) is 0 Å². The van der Waals surface area contributed by atoms with Gasteiger partial charge in [0.2, 0.25) is 0 Å². The normalized spacial score (nSPS) is 13.1. The zero-order valence-electron chi connectivity index (χ0n) is 28.6. The van der Waals surface area contributed by atoms with Gasteiger partial charge in [-0.05, 0) is 50.4 Å². The van der Waals surface area contributed by atoms with Crippen LogP contribution in [-0.2, 0) is 5.41 Å². The van der Waals surface area contributed by atoms with E-state index in [1.54, 1.807) is 0 Å². The van der Waals surface area contributed by atoms with Crippen LogP contribution in [0.3, 0.4) is 0 Å². The van der Waals surface area contributed by atoms with E-state index in [0.29, 0.717) is 17.5 Å². The van der Waals surface area contributed by atoms with Crippen LogP contribution in [-0.4, -0.2) is 19.9 Å². The summed E-state index contributed by atoms with van der Waals surface area (Å²) in [6.07, 6.45) is 0. The highest BCUT2D eigenvalue weighted by atomic mass is 15.0. The quantitative estimate of drug-likeness (QED) is 0.186. The monoisotopic (exact) mass is 674 g/mol. The molecule has 2 aliphatic carbocycles. The van der Waals surface area contributed by atoms with Gasteiger partial charge in [0.25, 0.3) is 0 Å². The largest absolute Gasteiger partial charge is 0.243 e. The summed E-state index contributed by atoms with van der Waals surface area (Å²) < 4.78 is 0. The molecule has 2 aromatic heterocycles. The van der Waals surface area contributed by atoms with E-state index in [9.17, 15) is 0 Å². The van der Waals surface area contributed by atoms with Crippen molar-refractivity contribution in [2.45, 2.75) is 5.41 Å². The van der Waals surface area contributed by atoms with Crippen LogP contribution in [0.15, 0.2) is 182 Å². The Morgan fingerprint density at radius 3 is 1.45 bits per heavy atom. The number of benzene rings is 7. The Bertz CT molecular complexity index is 2850. The molecule has 246 valence electrons. The summed E-state index contributed by atoms with van der Waals surface area (Å²) in [7, 11) is 0. The van der Waals surface area contributed by atoms with Crippen LogP contribution in [0.2, 0.25) is 0 Å². The molecule has 4 heteroatoms. The van der Waals surface area contributed by atoms with E-state index < -0.39 is 5.41 Å². The van der Waals surface area contributed by atoms with Gasteiger partial charge in [-0.1, -0.05) is 176 Å². The summed E-state index contributed by atoms with van der Waals surface area (Å²) in [5.41, 5.74) is 14.0. The molecule has 0 atom stereocenters. The molecule has 4 nitrogen and oxygen atoms in total. The number of hydrogen-bond donors (Lipinski definition) is 0. The molecule has 53 heavy (non-hydrogen) atoms. The lowest BCUT2D eigenvalue weighted by molar-refractivity contribution is 0.799. The Morgan fingerprint density at radius 1 is 0.302 bits per heavy atom. The number of fused-ring (bicyclic) bond motifs is 12. The fourth-order valence-corrected chi connectivity index (χ4v) is 8.75. The molecule has 0 N–H and O–H groups in total. The molecule has 2 heterocycles. The van der Waals surface area contributed by atoms with E-state index in [4.69, 9.17) is 19.9 Å². The second-order valence-electron chi connectivity index (χ2n) is 13.7. The molecule has 1 spiro atoms. The predicted octanol–water partition coefficient (Wildman–Crippen LogP) is 11.4. The van der Waals surface area contributed by atoms with Gasteiger partial charge < -0.3 is 0 Å². The highest BCUT2D eigenvalue weighted by Gasteiger charge is 2.53. The molecule has 0 radical (unpaired) electrons. The first-order valence-corrected chi connectivity index (χ1v) is 18.0. The van der Waals surface area contributed by atoms with Gasteiger partial charge in [0.15, 0.2) is 17.5 Å². The number of rotatable bonds is 4. The van der Waals surface area contributed by atoms with E-state index in [1.807, 2.05) is 36.4 Å². The summed E-state index contributed by atoms with van der Waals surface area (Å²) in [6, 6.07) is 64.2. The van der Waals surface area contributed by atoms with Gasteiger partial charge in [-0.15, -0.1) is 0 Å². The van der Waals surface area contributed by atoms with E-state index in [1.165, 1.54) is 33.4 Å². The lowest BCUT2D eigenvalue weighted by Crippen LogP contribution is -2.26. The first kappa shape index (κ1) is 29.7. The topological polar surface area (TPSA) is 51.6 Å². The summed E-state index contributed by atoms with van der Waals surface area (Å²) in [6.45, 7) is 0. The zero-order chi connectivity index (χ0) is 34.9. The van der Waals surface area contributed by atoms with Crippen LogP contribution >= 0.6 is 0 Å². The molecule has 0 aliphatic heterocycles. The molecular weight excluding hydrogens is 645 g/mol. The fourth-order valence-electron chi connectivity index (χ4n) is 8.75. The van der Waals surface area contributed by atoms with Gasteiger partial charge in [-0.25, -0.2) is 19.9 Å². The summed E-state index contributed by atoms with van der Waals surface area (Å²) >= 11 is 0. The van der Waals surface area contributed by atoms with Gasteiger partial charge in [0, 0.05) is 27.6 Å². The second kappa shape index (κ2) is 11.5. The maximum absolute atomic E-state index is 5.64. The van der Waals surface area contributed by atoms with Crippen LogP contribution in [0.1, 0.15) is 22.3 Å². The van der Waals surface area contributed by atoms with Crippen LogP contribution in [0.25, 0.3) is 78.6 Å². The Labute approximate surface area is 307 Å². The number of aromatic nitrogens is 4. The van der Waals surface area contributed by atoms with Crippen molar-refractivity contribution in [3.63, 3.8) is 0 Å². The van der Waals surface area contributed by atoms with E-state index >= 15 is 0 Å². The highest BCUT2D eigenvalue weighted by molar-refractivity contribution is 6.06. The lowest BCUT2D eigenvalue weighted by Gasteiger charge is -2.31. The van der Waals surface area contributed by atoms with Crippen molar-refractivity contribution in [3.8, 4) is 67.8 Å². The molecule has 7 aromatic carbocycles. The van der Waals surface area contributed by atoms with Crippen molar-refractivity contribution < 1.29 is 0 Å². The van der Waals surface area contributed by atoms with Gasteiger partial charge in [0.1, 0.15) is 5.69 Å². The molecule has 2 aliphatic rings. The molecule has 0 saturated carbocycles. The minimum absolute atomic E-state index is 0.512. The Hall–Kier alpha value is -7.04. The minimum atomic E-state index is -0.512. The Morgan fingerprint density at radius 2 is 0.774 bits per heavy atom. The predicted molar refractivity (Wildman–Crippen MR) is 213 cm³/mol. The van der Waals surface area contributed by atoms with E-state index in [0.717, 1.165) is 50.0 Å². The Balaban J connectivity index is 1.21. The summed E-state index contributed by atoms with van der Waals surface area (Å²) in [4.78, 5) is 21.2. The summed E-state index contributed by atoms with van der Waals surface area (Å²) in [5.74, 6) is 1.76. The Kier molecular flexibility index (Phi) is 6.43. The van der Waals surface area contributed by atoms with Crippen LogP contribution in [0, 0.1) is 0 Å². The molecule has 0 fully saturated rings. The third kappa shape index (κ3) is 4.30. The van der Waals surface area contributed by atoms with Crippen molar-refractivity contribution in [1.29, 1.82) is 0 Å². The van der Waals surface area contributed by atoms with Gasteiger partial charge >= 0.3 is 0 Å². The van der Waals surface area contributed by atoms with Crippen molar-refractivity contribution in [2.24, 2.45) is 0 Å². The average Bonchev–Trinajstić information content (AvgIpc) is 3.71. The number of hydrogen-bond acceptors (Lipinski definition) is 4. The van der Waals surface area contributed by atoms with Crippen LogP contribution in [0.4, 0.5) is 0 Å². The van der Waals surface area contributed by atoms with Crippen LogP contribution < -0.4 is 0 Å². The van der Waals surface area contributed by atoms with E-state index in [-0.39, 0.29) is 0 Å². The smallest absolute Gasteiger partial charge is 0.183 e. The lowest BCUT2D eigenvalue weighted by atomic mass is 9.69. The first-order chi connectivity index (χ1) is 26.3. The van der Waals surface area contributed by atoms with Crippen molar-refractivity contribution in [1.82, 2.24) is 19.9 Å². The van der Waals surface area contributed by atoms with Gasteiger partial charge in [-0.2, -0.15) is 0 Å². The number of nitrogens with zero attached hydrogens (tertiary/aromatic N) is 4. The minimum Gasteiger partial charge on any atom is -0.243 e. The van der Waals surface area contributed by atoms with Crippen molar-refractivity contribution in [3.05, 3.63) is 204 Å².